The zero-order valence-electron chi connectivity index (χ0n) is 16.7. The third-order valence-corrected chi connectivity index (χ3v) is 5.64. The molecule has 1 aliphatic rings. The van der Waals surface area contributed by atoms with Crippen molar-refractivity contribution in [1.29, 1.82) is 0 Å². The summed E-state index contributed by atoms with van der Waals surface area (Å²) < 4.78 is 5.34. The molecule has 2 N–H and O–H groups in total. The molecule has 148 valence electrons. The maximum atomic E-state index is 5.34. The van der Waals surface area contributed by atoms with Crippen LogP contribution in [0, 0.1) is 0 Å². The Bertz CT molecular complexity index is 728. The minimum atomic E-state index is -0.144. The van der Waals surface area contributed by atoms with Crippen LogP contribution in [0.4, 0.5) is 0 Å². The van der Waals surface area contributed by atoms with Crippen molar-refractivity contribution in [2.24, 2.45) is 4.99 Å². The maximum Gasteiger partial charge on any atom is 0.232 e. The third-order valence-electron chi connectivity index (χ3n) is 4.66. The van der Waals surface area contributed by atoms with Crippen LogP contribution in [0.1, 0.15) is 56.2 Å². The quantitative estimate of drug-likeness (QED) is 0.583. The van der Waals surface area contributed by atoms with Gasteiger partial charge in [-0.15, -0.1) is 11.3 Å². The van der Waals surface area contributed by atoms with Crippen LogP contribution in [0.25, 0.3) is 0 Å². The summed E-state index contributed by atoms with van der Waals surface area (Å²) in [7, 11) is 1.78. The molecule has 1 unspecified atom stereocenters. The van der Waals surface area contributed by atoms with E-state index in [9.17, 15) is 0 Å². The van der Waals surface area contributed by atoms with Gasteiger partial charge in [-0.25, -0.2) is 0 Å². The Labute approximate surface area is 165 Å². The number of nitrogens with zero attached hydrogens (tertiary/aromatic N) is 4. The predicted octanol–water partition coefficient (Wildman–Crippen LogP) is 2.93. The largest absolute Gasteiger partial charge is 0.354 e. The number of aromatic nitrogens is 2. The van der Waals surface area contributed by atoms with Crippen molar-refractivity contribution in [3.63, 3.8) is 0 Å². The normalized spacial score (nSPS) is 17.3. The Kier molecular flexibility index (Phi) is 6.49. The van der Waals surface area contributed by atoms with Crippen molar-refractivity contribution in [3.8, 4) is 0 Å². The minimum absolute atomic E-state index is 0.144. The standard InChI is InChI=1S/C19H30N6OS/c1-19(2,3)17-23-16(24-26-17)13-22-18(20-4)21-12-14(15-8-7-11-27-15)25-9-5-6-10-25/h7-8,11,14H,5-6,9-10,12-13H2,1-4H3,(H2,20,21,22). The average molecular weight is 391 g/mol. The molecule has 1 fully saturated rings. The van der Waals surface area contributed by atoms with E-state index in [2.05, 4.69) is 69.0 Å². The molecule has 8 heteroatoms. The fourth-order valence-corrected chi connectivity index (χ4v) is 4.01. The number of thiophene rings is 1. The van der Waals surface area contributed by atoms with E-state index in [-0.39, 0.29) is 5.41 Å². The van der Waals surface area contributed by atoms with Crippen LogP contribution in [0.15, 0.2) is 27.0 Å². The zero-order valence-corrected chi connectivity index (χ0v) is 17.5. The molecule has 7 nitrogen and oxygen atoms in total. The monoisotopic (exact) mass is 390 g/mol. The summed E-state index contributed by atoms with van der Waals surface area (Å²) in [5.74, 6) is 2.03. The van der Waals surface area contributed by atoms with Crippen molar-refractivity contribution in [3.05, 3.63) is 34.1 Å². The van der Waals surface area contributed by atoms with E-state index in [1.165, 1.54) is 17.7 Å². The maximum absolute atomic E-state index is 5.34. The van der Waals surface area contributed by atoms with Crippen molar-refractivity contribution in [2.75, 3.05) is 26.7 Å². The van der Waals surface area contributed by atoms with Gasteiger partial charge in [-0.1, -0.05) is 32.0 Å². The summed E-state index contributed by atoms with van der Waals surface area (Å²) in [6.45, 7) is 9.79. The lowest BCUT2D eigenvalue weighted by Gasteiger charge is -2.27. The van der Waals surface area contributed by atoms with Crippen molar-refractivity contribution >= 4 is 17.3 Å². The van der Waals surface area contributed by atoms with E-state index >= 15 is 0 Å². The molecule has 0 radical (unpaired) electrons. The van der Waals surface area contributed by atoms with Crippen LogP contribution in [0.2, 0.25) is 0 Å². The number of rotatable bonds is 6. The Balaban J connectivity index is 1.55. The Morgan fingerprint density at radius 2 is 2.11 bits per heavy atom. The summed E-state index contributed by atoms with van der Waals surface area (Å²) in [6, 6.07) is 4.72. The molecule has 3 heterocycles. The Hall–Kier alpha value is -1.93. The molecule has 0 aliphatic carbocycles. The van der Waals surface area contributed by atoms with Crippen LogP contribution < -0.4 is 10.6 Å². The fraction of sp³-hybridized carbons (Fsp3) is 0.632. The molecule has 0 saturated carbocycles. The second kappa shape index (κ2) is 8.84. The number of hydrogen-bond acceptors (Lipinski definition) is 6. The fourth-order valence-electron chi connectivity index (χ4n) is 3.15. The Morgan fingerprint density at radius 3 is 2.70 bits per heavy atom. The average Bonchev–Trinajstić information content (AvgIpc) is 3.40. The number of aliphatic imine (C=N–C) groups is 1. The molecule has 1 saturated heterocycles. The smallest absolute Gasteiger partial charge is 0.232 e. The molecule has 3 rings (SSSR count). The van der Waals surface area contributed by atoms with E-state index in [0.29, 0.717) is 24.3 Å². The molecular weight excluding hydrogens is 360 g/mol. The van der Waals surface area contributed by atoms with Crippen LogP contribution >= 0.6 is 11.3 Å². The Morgan fingerprint density at radius 1 is 1.33 bits per heavy atom. The molecule has 1 aliphatic heterocycles. The predicted molar refractivity (Wildman–Crippen MR) is 109 cm³/mol. The van der Waals surface area contributed by atoms with Crippen molar-refractivity contribution in [2.45, 2.75) is 51.6 Å². The highest BCUT2D eigenvalue weighted by atomic mass is 32.1. The summed E-state index contributed by atoms with van der Waals surface area (Å²) in [6.07, 6.45) is 2.56. The van der Waals surface area contributed by atoms with Gasteiger partial charge in [0.1, 0.15) is 0 Å². The summed E-state index contributed by atoms with van der Waals surface area (Å²) in [4.78, 5) is 12.7. The van der Waals surface area contributed by atoms with Crippen LogP contribution in [0.3, 0.4) is 0 Å². The molecule has 2 aromatic rings. The number of hydrogen-bond donors (Lipinski definition) is 2. The van der Waals surface area contributed by atoms with E-state index in [4.69, 9.17) is 4.52 Å². The van der Waals surface area contributed by atoms with Gasteiger partial charge in [0.2, 0.25) is 5.89 Å². The highest BCUT2D eigenvalue weighted by Gasteiger charge is 2.25. The molecule has 2 aromatic heterocycles. The van der Waals surface area contributed by atoms with Crippen molar-refractivity contribution in [1.82, 2.24) is 25.7 Å². The molecular formula is C19H30N6OS. The molecule has 0 bridgehead atoms. The lowest BCUT2D eigenvalue weighted by atomic mass is 9.97. The van der Waals surface area contributed by atoms with Crippen molar-refractivity contribution < 1.29 is 4.52 Å². The first-order chi connectivity index (χ1) is 13.0. The number of guanidine groups is 1. The number of nitrogens with one attached hydrogen (secondary N) is 2. The molecule has 0 spiro atoms. The van der Waals surface area contributed by atoms with E-state index in [1.807, 2.05) is 11.3 Å². The summed E-state index contributed by atoms with van der Waals surface area (Å²) >= 11 is 1.82. The van der Waals surface area contributed by atoms with E-state index < -0.39 is 0 Å². The molecule has 1 atom stereocenters. The highest BCUT2D eigenvalue weighted by molar-refractivity contribution is 7.10. The van der Waals surface area contributed by atoms with Gasteiger partial charge in [0.25, 0.3) is 0 Å². The van der Waals surface area contributed by atoms with Crippen LogP contribution in [0.5, 0.6) is 0 Å². The second-order valence-corrected chi connectivity index (χ2v) is 8.83. The summed E-state index contributed by atoms with van der Waals surface area (Å²) in [5.41, 5.74) is -0.144. The van der Waals surface area contributed by atoms with Gasteiger partial charge < -0.3 is 15.2 Å². The first kappa shape index (κ1) is 19.8. The SMILES string of the molecule is CN=C(NCc1noc(C(C)(C)C)n1)NCC(c1cccs1)N1CCCC1. The highest BCUT2D eigenvalue weighted by Crippen LogP contribution is 2.27. The van der Waals surface area contributed by atoms with Gasteiger partial charge >= 0.3 is 0 Å². The van der Waals surface area contributed by atoms with Gasteiger partial charge in [-0.05, 0) is 37.4 Å². The van der Waals surface area contributed by atoms with Gasteiger partial charge in [0, 0.05) is 23.9 Å². The topological polar surface area (TPSA) is 78.6 Å². The second-order valence-electron chi connectivity index (χ2n) is 7.85. The first-order valence-electron chi connectivity index (χ1n) is 9.52. The minimum Gasteiger partial charge on any atom is -0.354 e. The van der Waals surface area contributed by atoms with Gasteiger partial charge in [0.15, 0.2) is 11.8 Å². The molecule has 0 amide bonds. The van der Waals surface area contributed by atoms with Crippen LogP contribution in [-0.2, 0) is 12.0 Å². The lowest BCUT2D eigenvalue weighted by molar-refractivity contribution is 0.249. The van der Waals surface area contributed by atoms with Gasteiger partial charge in [-0.3, -0.25) is 9.89 Å². The first-order valence-corrected chi connectivity index (χ1v) is 10.4. The van der Waals surface area contributed by atoms with Gasteiger partial charge in [0.05, 0.1) is 12.6 Å². The summed E-state index contributed by atoms with van der Waals surface area (Å²) in [5, 5.41) is 12.9. The molecule has 0 aromatic carbocycles. The molecule has 27 heavy (non-hydrogen) atoms. The third kappa shape index (κ3) is 5.29. The number of likely N-dealkylation sites (tertiary alicyclic amines) is 1. The lowest BCUT2D eigenvalue weighted by Crippen LogP contribution is -2.42. The van der Waals surface area contributed by atoms with Crippen LogP contribution in [-0.4, -0.2) is 47.7 Å². The van der Waals surface area contributed by atoms with E-state index in [0.717, 1.165) is 25.6 Å². The van der Waals surface area contributed by atoms with E-state index in [1.54, 1.807) is 7.05 Å². The zero-order chi connectivity index (χ0) is 19.3. The van der Waals surface area contributed by atoms with Gasteiger partial charge in [-0.2, -0.15) is 4.98 Å².